The zero-order valence-corrected chi connectivity index (χ0v) is 17.4. The highest BCUT2D eigenvalue weighted by molar-refractivity contribution is 5.80. The predicted octanol–water partition coefficient (Wildman–Crippen LogP) is 2.68. The Morgan fingerprint density at radius 1 is 1.10 bits per heavy atom. The number of carbonyl (C=O) groups is 3. The zero-order valence-electron chi connectivity index (χ0n) is 17.4. The van der Waals surface area contributed by atoms with Gasteiger partial charge in [-0.3, -0.25) is 4.79 Å². The Kier molecular flexibility index (Phi) is 8.30. The van der Waals surface area contributed by atoms with Crippen LogP contribution in [0.4, 0.5) is 9.59 Å². The molecule has 2 rings (SSSR count). The molecule has 1 fully saturated rings. The van der Waals surface area contributed by atoms with E-state index in [4.69, 9.17) is 9.47 Å². The van der Waals surface area contributed by atoms with Crippen LogP contribution < -0.4 is 10.6 Å². The third-order valence-electron chi connectivity index (χ3n) is 4.35. The summed E-state index contributed by atoms with van der Waals surface area (Å²) in [5.41, 5.74) is 0.359. The second-order valence-corrected chi connectivity index (χ2v) is 8.05. The van der Waals surface area contributed by atoms with Gasteiger partial charge in [-0.25, -0.2) is 9.59 Å². The van der Waals surface area contributed by atoms with Crippen LogP contribution >= 0.6 is 0 Å². The van der Waals surface area contributed by atoms with Crippen molar-refractivity contribution in [3.05, 3.63) is 35.9 Å². The fourth-order valence-corrected chi connectivity index (χ4v) is 2.98. The van der Waals surface area contributed by atoms with E-state index in [0.717, 1.165) is 12.0 Å². The summed E-state index contributed by atoms with van der Waals surface area (Å²) >= 11 is 0. The quantitative estimate of drug-likeness (QED) is 0.709. The molecule has 1 aliphatic rings. The lowest BCUT2D eigenvalue weighted by molar-refractivity contribution is -0.126. The Morgan fingerprint density at radius 3 is 2.48 bits per heavy atom. The Morgan fingerprint density at radius 2 is 1.79 bits per heavy atom. The van der Waals surface area contributed by atoms with E-state index in [1.165, 1.54) is 0 Å². The van der Waals surface area contributed by atoms with E-state index in [1.54, 1.807) is 25.7 Å². The largest absolute Gasteiger partial charge is 0.445 e. The lowest BCUT2D eigenvalue weighted by Gasteiger charge is -2.31. The molecular formula is C21H31N3O5. The molecule has 1 heterocycles. The number of nitrogens with zero attached hydrogens (tertiary/aromatic N) is 1. The van der Waals surface area contributed by atoms with Crippen molar-refractivity contribution in [1.82, 2.24) is 15.5 Å². The summed E-state index contributed by atoms with van der Waals surface area (Å²) in [5.74, 6) is -0.411. The first-order valence-electron chi connectivity index (χ1n) is 9.95. The van der Waals surface area contributed by atoms with Crippen molar-refractivity contribution in [3.63, 3.8) is 0 Å². The molecule has 8 heteroatoms. The van der Waals surface area contributed by atoms with Crippen LogP contribution in [0.1, 0.15) is 39.2 Å². The first-order chi connectivity index (χ1) is 13.7. The van der Waals surface area contributed by atoms with Gasteiger partial charge in [0.05, 0.1) is 5.92 Å². The molecular weight excluding hydrogens is 374 g/mol. The molecule has 0 aromatic heterocycles. The minimum Gasteiger partial charge on any atom is -0.445 e. The third kappa shape index (κ3) is 8.41. The second kappa shape index (κ2) is 10.7. The van der Waals surface area contributed by atoms with Crippen LogP contribution in [0, 0.1) is 5.92 Å². The molecule has 0 aliphatic carbocycles. The van der Waals surface area contributed by atoms with Crippen LogP contribution in [-0.2, 0) is 20.9 Å². The van der Waals surface area contributed by atoms with Crippen LogP contribution in [0.3, 0.4) is 0 Å². The van der Waals surface area contributed by atoms with Crippen LogP contribution in [0.15, 0.2) is 30.3 Å². The van der Waals surface area contributed by atoms with Crippen molar-refractivity contribution in [2.45, 2.75) is 45.8 Å². The van der Waals surface area contributed by atoms with Crippen molar-refractivity contribution < 1.29 is 23.9 Å². The number of rotatable bonds is 6. The first-order valence-corrected chi connectivity index (χ1v) is 9.95. The van der Waals surface area contributed by atoms with Gasteiger partial charge in [-0.1, -0.05) is 30.3 Å². The smallest absolute Gasteiger partial charge is 0.410 e. The van der Waals surface area contributed by atoms with Gasteiger partial charge in [0.25, 0.3) is 0 Å². The number of likely N-dealkylation sites (tertiary alicyclic amines) is 1. The predicted molar refractivity (Wildman–Crippen MR) is 108 cm³/mol. The van der Waals surface area contributed by atoms with E-state index in [9.17, 15) is 14.4 Å². The normalized spacial score (nSPS) is 16.7. The van der Waals surface area contributed by atoms with E-state index >= 15 is 0 Å². The Bertz CT molecular complexity index is 687. The number of hydrogen-bond donors (Lipinski definition) is 2. The maximum Gasteiger partial charge on any atom is 0.410 e. The highest BCUT2D eigenvalue weighted by atomic mass is 16.6. The summed E-state index contributed by atoms with van der Waals surface area (Å²) in [7, 11) is 0. The minimum absolute atomic E-state index is 0.128. The summed E-state index contributed by atoms with van der Waals surface area (Å²) in [6, 6.07) is 9.47. The standard InChI is InChI=1S/C21H31N3O5/c1-21(2,3)29-19(26)23-12-11-22-18(25)17-10-7-13-24(14-17)20(27)28-15-16-8-5-4-6-9-16/h4-6,8-9,17H,7,10-15H2,1-3H3,(H,22,25)(H,23,26)/t17-/m0/s1. The number of benzene rings is 1. The number of amides is 3. The molecule has 0 bridgehead atoms. The van der Waals surface area contributed by atoms with Gasteiger partial charge < -0.3 is 25.0 Å². The van der Waals surface area contributed by atoms with Gasteiger partial charge in [-0.2, -0.15) is 0 Å². The molecule has 1 aliphatic heterocycles. The number of ether oxygens (including phenoxy) is 2. The molecule has 0 saturated carbocycles. The van der Waals surface area contributed by atoms with E-state index in [0.29, 0.717) is 26.1 Å². The van der Waals surface area contributed by atoms with Crippen molar-refractivity contribution in [1.29, 1.82) is 0 Å². The fraction of sp³-hybridized carbons (Fsp3) is 0.571. The SMILES string of the molecule is CC(C)(C)OC(=O)NCCNC(=O)[C@H]1CCCN(C(=O)OCc2ccccc2)C1. The summed E-state index contributed by atoms with van der Waals surface area (Å²) in [4.78, 5) is 37.8. The highest BCUT2D eigenvalue weighted by Gasteiger charge is 2.29. The molecule has 2 N–H and O–H groups in total. The van der Waals surface area contributed by atoms with Crippen LogP contribution in [0.5, 0.6) is 0 Å². The summed E-state index contributed by atoms with van der Waals surface area (Å²) in [6.45, 7) is 7.05. The van der Waals surface area contributed by atoms with Crippen molar-refractivity contribution in [3.8, 4) is 0 Å². The van der Waals surface area contributed by atoms with Gasteiger partial charge in [0, 0.05) is 26.2 Å². The maximum absolute atomic E-state index is 12.4. The van der Waals surface area contributed by atoms with E-state index in [2.05, 4.69) is 10.6 Å². The average Bonchev–Trinajstić information content (AvgIpc) is 2.69. The monoisotopic (exact) mass is 405 g/mol. The maximum atomic E-state index is 12.4. The number of alkyl carbamates (subject to hydrolysis) is 1. The fourth-order valence-electron chi connectivity index (χ4n) is 2.98. The molecule has 8 nitrogen and oxygen atoms in total. The molecule has 160 valence electrons. The molecule has 0 spiro atoms. The van der Waals surface area contributed by atoms with E-state index in [-0.39, 0.29) is 25.0 Å². The number of piperidine rings is 1. The zero-order chi connectivity index (χ0) is 21.3. The lowest BCUT2D eigenvalue weighted by atomic mass is 9.97. The Hall–Kier alpha value is -2.77. The van der Waals surface area contributed by atoms with Gasteiger partial charge in [-0.15, -0.1) is 0 Å². The lowest BCUT2D eigenvalue weighted by Crippen LogP contribution is -2.46. The molecule has 0 radical (unpaired) electrons. The Labute approximate surface area is 171 Å². The molecule has 3 amide bonds. The molecule has 0 unspecified atom stereocenters. The van der Waals surface area contributed by atoms with Crippen LogP contribution in [0.2, 0.25) is 0 Å². The van der Waals surface area contributed by atoms with Crippen molar-refractivity contribution in [2.75, 3.05) is 26.2 Å². The number of carbonyl (C=O) groups excluding carboxylic acids is 3. The van der Waals surface area contributed by atoms with Gasteiger partial charge >= 0.3 is 12.2 Å². The average molecular weight is 405 g/mol. The van der Waals surface area contributed by atoms with Gasteiger partial charge in [0.1, 0.15) is 12.2 Å². The second-order valence-electron chi connectivity index (χ2n) is 8.05. The molecule has 1 aromatic rings. The third-order valence-corrected chi connectivity index (χ3v) is 4.35. The number of hydrogen-bond acceptors (Lipinski definition) is 5. The molecule has 1 aromatic carbocycles. The molecule has 1 atom stereocenters. The van der Waals surface area contributed by atoms with Crippen LogP contribution in [-0.4, -0.2) is 54.8 Å². The molecule has 29 heavy (non-hydrogen) atoms. The summed E-state index contributed by atoms with van der Waals surface area (Å²) < 4.78 is 10.5. The van der Waals surface area contributed by atoms with Gasteiger partial charge in [0.2, 0.25) is 5.91 Å². The molecule has 1 saturated heterocycles. The highest BCUT2D eigenvalue weighted by Crippen LogP contribution is 2.18. The van der Waals surface area contributed by atoms with E-state index < -0.39 is 17.8 Å². The number of nitrogens with one attached hydrogen (secondary N) is 2. The minimum atomic E-state index is -0.562. The summed E-state index contributed by atoms with van der Waals surface area (Å²) in [5, 5.41) is 5.40. The van der Waals surface area contributed by atoms with E-state index in [1.807, 2.05) is 30.3 Å². The van der Waals surface area contributed by atoms with Gasteiger partial charge in [0.15, 0.2) is 0 Å². The van der Waals surface area contributed by atoms with Crippen LogP contribution in [0.25, 0.3) is 0 Å². The topological polar surface area (TPSA) is 97.0 Å². The van der Waals surface area contributed by atoms with Crippen molar-refractivity contribution >= 4 is 18.1 Å². The summed E-state index contributed by atoms with van der Waals surface area (Å²) in [6.07, 6.45) is 0.539. The first kappa shape index (κ1) is 22.5. The van der Waals surface area contributed by atoms with Crippen molar-refractivity contribution in [2.24, 2.45) is 5.92 Å². The Balaban J connectivity index is 1.69. The van der Waals surface area contributed by atoms with Gasteiger partial charge in [-0.05, 0) is 39.2 Å².